The summed E-state index contributed by atoms with van der Waals surface area (Å²) in [4.78, 5) is 15.6. The highest BCUT2D eigenvalue weighted by atomic mass is 32.1. The zero-order valence-corrected chi connectivity index (χ0v) is 10.3. The summed E-state index contributed by atoms with van der Waals surface area (Å²) >= 11 is 1.25. The first-order chi connectivity index (χ1) is 8.17. The van der Waals surface area contributed by atoms with Gasteiger partial charge in [0.15, 0.2) is 5.69 Å². The van der Waals surface area contributed by atoms with Gasteiger partial charge in [0, 0.05) is 6.42 Å². The third-order valence-electron chi connectivity index (χ3n) is 2.33. The molecule has 0 saturated heterocycles. The van der Waals surface area contributed by atoms with Crippen LogP contribution in [-0.4, -0.2) is 18.1 Å². The van der Waals surface area contributed by atoms with E-state index in [1.807, 2.05) is 13.0 Å². The van der Waals surface area contributed by atoms with Gasteiger partial charge in [-0.15, -0.1) is 0 Å². The molecule has 2 heterocycles. The van der Waals surface area contributed by atoms with Crippen LogP contribution in [-0.2, 0) is 11.2 Å². The second kappa shape index (κ2) is 4.58. The van der Waals surface area contributed by atoms with Crippen LogP contribution >= 0.6 is 11.3 Å². The highest BCUT2D eigenvalue weighted by Crippen LogP contribution is 2.33. The molecule has 2 aromatic rings. The van der Waals surface area contributed by atoms with Gasteiger partial charge in [-0.1, -0.05) is 18.3 Å². The fourth-order valence-electron chi connectivity index (χ4n) is 1.50. The number of hydrogen-bond donors (Lipinski definition) is 1. The van der Waals surface area contributed by atoms with E-state index in [0.29, 0.717) is 10.0 Å². The summed E-state index contributed by atoms with van der Waals surface area (Å²) in [7, 11) is 1.30. The molecule has 90 valence electrons. The molecule has 2 rings (SSSR count). The van der Waals surface area contributed by atoms with Crippen molar-refractivity contribution in [1.29, 1.82) is 0 Å². The van der Waals surface area contributed by atoms with Crippen molar-refractivity contribution in [2.45, 2.75) is 13.3 Å². The number of hydrogen-bond acceptors (Lipinski definition) is 6. The van der Waals surface area contributed by atoms with E-state index in [-0.39, 0.29) is 5.69 Å². The molecule has 0 spiro atoms. The van der Waals surface area contributed by atoms with Gasteiger partial charge in [-0.3, -0.25) is 0 Å². The van der Waals surface area contributed by atoms with E-state index in [9.17, 15) is 4.79 Å². The van der Waals surface area contributed by atoms with Gasteiger partial charge in [0.25, 0.3) is 0 Å². The number of thiazole rings is 1. The molecule has 0 amide bonds. The van der Waals surface area contributed by atoms with Crippen LogP contribution in [0.5, 0.6) is 0 Å². The van der Waals surface area contributed by atoms with Crippen LogP contribution < -0.4 is 5.73 Å². The van der Waals surface area contributed by atoms with E-state index in [4.69, 9.17) is 10.2 Å². The van der Waals surface area contributed by atoms with Gasteiger partial charge < -0.3 is 14.9 Å². The summed E-state index contributed by atoms with van der Waals surface area (Å²) in [6.45, 7) is 1.99. The lowest BCUT2D eigenvalue weighted by molar-refractivity contribution is 0.0596. The third-order valence-corrected chi connectivity index (χ3v) is 3.25. The monoisotopic (exact) mass is 252 g/mol. The molecule has 0 saturated carbocycles. The van der Waals surface area contributed by atoms with Crippen LogP contribution in [0.1, 0.15) is 23.2 Å². The molecule has 5 nitrogen and oxygen atoms in total. The Kier molecular flexibility index (Phi) is 3.14. The molecule has 0 aromatic carbocycles. The predicted octanol–water partition coefficient (Wildman–Crippen LogP) is 2.33. The summed E-state index contributed by atoms with van der Waals surface area (Å²) < 4.78 is 9.92. The Hall–Kier alpha value is -1.82. The lowest BCUT2D eigenvalue weighted by atomic mass is 10.2. The van der Waals surface area contributed by atoms with Crippen molar-refractivity contribution >= 4 is 22.3 Å². The number of rotatable bonds is 3. The first kappa shape index (κ1) is 11.7. The number of nitrogens with zero attached hydrogens (tertiary/aromatic N) is 1. The van der Waals surface area contributed by atoms with Crippen molar-refractivity contribution in [3.63, 3.8) is 0 Å². The van der Waals surface area contributed by atoms with Gasteiger partial charge in [0.05, 0.1) is 18.9 Å². The number of furan rings is 1. The predicted molar refractivity (Wildman–Crippen MR) is 64.9 cm³/mol. The van der Waals surface area contributed by atoms with E-state index in [0.717, 1.165) is 17.7 Å². The van der Waals surface area contributed by atoms with Crippen molar-refractivity contribution in [2.75, 3.05) is 12.8 Å². The summed E-state index contributed by atoms with van der Waals surface area (Å²) in [5.41, 5.74) is 6.78. The van der Waals surface area contributed by atoms with Gasteiger partial charge in [0.2, 0.25) is 0 Å². The normalized spacial score (nSPS) is 10.5. The molecular formula is C11H12N2O3S. The minimum absolute atomic E-state index is 0.163. The summed E-state index contributed by atoms with van der Waals surface area (Å²) in [5.74, 6) is 0.307. The van der Waals surface area contributed by atoms with Gasteiger partial charge >= 0.3 is 5.97 Å². The van der Waals surface area contributed by atoms with E-state index in [2.05, 4.69) is 9.72 Å². The number of ether oxygens (including phenoxy) is 1. The number of aryl methyl sites for hydroxylation is 1. The molecule has 0 aliphatic heterocycles. The second-order valence-electron chi connectivity index (χ2n) is 3.33. The van der Waals surface area contributed by atoms with Crippen molar-refractivity contribution in [3.8, 4) is 10.6 Å². The lowest BCUT2D eigenvalue weighted by Crippen LogP contribution is -2.04. The van der Waals surface area contributed by atoms with Gasteiger partial charge in [-0.25, -0.2) is 9.78 Å². The van der Waals surface area contributed by atoms with Gasteiger partial charge in [-0.05, 0) is 6.07 Å². The van der Waals surface area contributed by atoms with E-state index in [1.54, 1.807) is 6.26 Å². The molecule has 6 heteroatoms. The Morgan fingerprint density at radius 1 is 1.65 bits per heavy atom. The van der Waals surface area contributed by atoms with E-state index < -0.39 is 5.97 Å². The van der Waals surface area contributed by atoms with E-state index >= 15 is 0 Å². The smallest absolute Gasteiger partial charge is 0.359 e. The Balaban J connectivity index is 2.44. The van der Waals surface area contributed by atoms with Crippen molar-refractivity contribution in [1.82, 2.24) is 4.98 Å². The number of carbonyl (C=O) groups is 1. The average molecular weight is 252 g/mol. The van der Waals surface area contributed by atoms with Crippen LogP contribution in [0.2, 0.25) is 0 Å². The number of methoxy groups -OCH3 is 1. The number of nitrogens with two attached hydrogens (primary N) is 1. The SMILES string of the molecule is CCc1occc1-c1nc(C(=O)OC)c(N)s1. The maximum Gasteiger partial charge on any atom is 0.359 e. The Bertz CT molecular complexity index is 545. The highest BCUT2D eigenvalue weighted by Gasteiger charge is 2.19. The van der Waals surface area contributed by atoms with Crippen molar-refractivity contribution < 1.29 is 13.9 Å². The zero-order valence-electron chi connectivity index (χ0n) is 9.52. The topological polar surface area (TPSA) is 78.3 Å². The molecule has 0 unspecified atom stereocenters. The molecule has 17 heavy (non-hydrogen) atoms. The fourth-order valence-corrected chi connectivity index (χ4v) is 2.36. The quantitative estimate of drug-likeness (QED) is 0.848. The number of nitrogen functional groups attached to an aromatic ring is 1. The largest absolute Gasteiger partial charge is 0.469 e. The van der Waals surface area contributed by atoms with Crippen LogP contribution in [0.4, 0.5) is 5.00 Å². The lowest BCUT2D eigenvalue weighted by Gasteiger charge is -1.94. The molecule has 0 radical (unpaired) electrons. The summed E-state index contributed by atoms with van der Waals surface area (Å²) in [5, 5.41) is 1.03. The molecule has 0 atom stereocenters. The van der Waals surface area contributed by atoms with Crippen LogP contribution in [0.25, 0.3) is 10.6 Å². The molecule has 0 aliphatic carbocycles. The Morgan fingerprint density at radius 3 is 3.06 bits per heavy atom. The molecule has 0 fully saturated rings. The zero-order chi connectivity index (χ0) is 12.4. The number of aromatic nitrogens is 1. The number of esters is 1. The minimum Gasteiger partial charge on any atom is -0.469 e. The number of carbonyl (C=O) groups excluding carboxylic acids is 1. The van der Waals surface area contributed by atoms with Crippen LogP contribution in [0, 0.1) is 0 Å². The Labute approximate surface area is 102 Å². The average Bonchev–Trinajstić information content (AvgIpc) is 2.93. The highest BCUT2D eigenvalue weighted by molar-refractivity contribution is 7.19. The van der Waals surface area contributed by atoms with Crippen molar-refractivity contribution in [3.05, 3.63) is 23.8 Å². The fraction of sp³-hybridized carbons (Fsp3) is 0.273. The number of anilines is 1. The molecule has 2 N–H and O–H groups in total. The summed E-state index contributed by atoms with van der Waals surface area (Å²) in [6.07, 6.45) is 2.36. The maximum atomic E-state index is 11.4. The van der Waals surface area contributed by atoms with Crippen LogP contribution in [0.3, 0.4) is 0 Å². The standard InChI is InChI=1S/C11H12N2O3S/c1-3-7-6(4-5-16-7)10-13-8(9(12)17-10)11(14)15-2/h4-5H,3,12H2,1-2H3. The van der Waals surface area contributed by atoms with Gasteiger partial charge in [-0.2, -0.15) is 0 Å². The summed E-state index contributed by atoms with van der Waals surface area (Å²) in [6, 6.07) is 1.82. The first-order valence-electron chi connectivity index (χ1n) is 5.08. The molecule has 0 aliphatic rings. The minimum atomic E-state index is -0.522. The molecule has 2 aromatic heterocycles. The maximum absolute atomic E-state index is 11.4. The van der Waals surface area contributed by atoms with Crippen molar-refractivity contribution in [2.24, 2.45) is 0 Å². The van der Waals surface area contributed by atoms with E-state index in [1.165, 1.54) is 18.4 Å². The Morgan fingerprint density at radius 2 is 2.41 bits per heavy atom. The molecular weight excluding hydrogens is 240 g/mol. The second-order valence-corrected chi connectivity index (χ2v) is 4.37. The van der Waals surface area contributed by atoms with Gasteiger partial charge in [0.1, 0.15) is 15.8 Å². The third kappa shape index (κ3) is 2.03. The molecule has 0 bridgehead atoms. The first-order valence-corrected chi connectivity index (χ1v) is 5.90. The van der Waals surface area contributed by atoms with Crippen LogP contribution in [0.15, 0.2) is 16.7 Å².